The zero-order valence-electron chi connectivity index (χ0n) is 16.9. The number of anilines is 1. The van der Waals surface area contributed by atoms with Gasteiger partial charge < -0.3 is 26.0 Å². The number of pyridine rings is 1. The second-order valence-corrected chi connectivity index (χ2v) is 6.95. The molecule has 0 fully saturated rings. The zero-order valence-corrected chi connectivity index (χ0v) is 16.9. The molecule has 2 amide bonds. The van der Waals surface area contributed by atoms with Crippen molar-refractivity contribution in [3.05, 3.63) is 65.5 Å². The summed E-state index contributed by atoms with van der Waals surface area (Å²) < 4.78 is 0. The largest absolute Gasteiger partial charge is 0.395 e. The van der Waals surface area contributed by atoms with Crippen molar-refractivity contribution in [3.8, 4) is 0 Å². The van der Waals surface area contributed by atoms with Crippen molar-refractivity contribution >= 4 is 34.6 Å². The van der Waals surface area contributed by atoms with E-state index in [1.807, 2.05) is 37.3 Å². The Kier molecular flexibility index (Phi) is 6.48. The van der Waals surface area contributed by atoms with Crippen molar-refractivity contribution in [3.63, 3.8) is 0 Å². The van der Waals surface area contributed by atoms with Crippen LogP contribution < -0.4 is 11.1 Å². The number of aromatic nitrogens is 2. The lowest BCUT2D eigenvalue weighted by Gasteiger charge is -2.22. The molecule has 0 radical (unpaired) electrons. The SMILES string of the molecule is CC(c1cc2ccccc2[nH]1)N(C)C(=O)/C=C/c1cnc(N)c(C(=O)NCCO)c1. The third-order valence-electron chi connectivity index (χ3n) is 4.93. The van der Waals surface area contributed by atoms with Crippen LogP contribution in [0.15, 0.2) is 48.7 Å². The number of carbonyl (C=O) groups is 2. The molecule has 0 spiro atoms. The quantitative estimate of drug-likeness (QED) is 0.447. The number of rotatable bonds is 7. The van der Waals surface area contributed by atoms with Crippen LogP contribution in [-0.2, 0) is 4.79 Å². The maximum atomic E-state index is 12.6. The summed E-state index contributed by atoms with van der Waals surface area (Å²) >= 11 is 0. The molecule has 1 unspecified atom stereocenters. The maximum Gasteiger partial charge on any atom is 0.255 e. The van der Waals surface area contributed by atoms with E-state index in [0.717, 1.165) is 16.6 Å². The summed E-state index contributed by atoms with van der Waals surface area (Å²) in [6.07, 6.45) is 4.51. The van der Waals surface area contributed by atoms with E-state index in [2.05, 4.69) is 15.3 Å². The standard InChI is InChI=1S/C22H25N5O3/c1-14(19-12-16-5-3-4-6-18(16)26-19)27(2)20(29)8-7-15-11-17(21(23)25-13-15)22(30)24-9-10-28/h3-8,11-14,26,28H,9-10H2,1-2H3,(H2,23,25)(H,24,30)/b8-7+. The Labute approximate surface area is 174 Å². The van der Waals surface area contributed by atoms with Crippen molar-refractivity contribution in [2.45, 2.75) is 13.0 Å². The van der Waals surface area contributed by atoms with Crippen LogP contribution >= 0.6 is 0 Å². The topological polar surface area (TPSA) is 124 Å². The lowest BCUT2D eigenvalue weighted by atomic mass is 10.1. The summed E-state index contributed by atoms with van der Waals surface area (Å²) in [5.74, 6) is -0.539. The highest BCUT2D eigenvalue weighted by molar-refractivity contribution is 5.99. The number of hydrogen-bond acceptors (Lipinski definition) is 5. The van der Waals surface area contributed by atoms with Gasteiger partial charge in [0, 0.05) is 37.1 Å². The van der Waals surface area contributed by atoms with E-state index in [1.165, 1.54) is 12.3 Å². The third-order valence-corrected chi connectivity index (χ3v) is 4.93. The van der Waals surface area contributed by atoms with Gasteiger partial charge in [-0.3, -0.25) is 9.59 Å². The fourth-order valence-corrected chi connectivity index (χ4v) is 3.03. The fourth-order valence-electron chi connectivity index (χ4n) is 3.03. The fraction of sp³-hybridized carbons (Fsp3) is 0.227. The minimum Gasteiger partial charge on any atom is -0.395 e. The Morgan fingerprint density at radius 3 is 2.83 bits per heavy atom. The van der Waals surface area contributed by atoms with Gasteiger partial charge in [0.25, 0.3) is 5.91 Å². The average Bonchev–Trinajstić information content (AvgIpc) is 3.19. The molecule has 8 nitrogen and oxygen atoms in total. The van der Waals surface area contributed by atoms with Crippen LogP contribution in [-0.4, -0.2) is 52.0 Å². The molecule has 3 aromatic rings. The monoisotopic (exact) mass is 407 g/mol. The van der Waals surface area contributed by atoms with Gasteiger partial charge in [0.1, 0.15) is 5.82 Å². The summed E-state index contributed by atoms with van der Waals surface area (Å²) in [7, 11) is 1.73. The first kappa shape index (κ1) is 21.1. The molecule has 1 aromatic carbocycles. The molecule has 0 bridgehead atoms. The molecule has 0 saturated carbocycles. The van der Waals surface area contributed by atoms with Gasteiger partial charge in [0.2, 0.25) is 5.91 Å². The van der Waals surface area contributed by atoms with E-state index >= 15 is 0 Å². The van der Waals surface area contributed by atoms with E-state index in [1.54, 1.807) is 24.1 Å². The molecule has 30 heavy (non-hydrogen) atoms. The van der Waals surface area contributed by atoms with Crippen LogP contribution in [0.25, 0.3) is 17.0 Å². The third kappa shape index (κ3) is 4.66. The second kappa shape index (κ2) is 9.23. The van der Waals surface area contributed by atoms with Gasteiger partial charge in [0.05, 0.1) is 18.2 Å². The molecular formula is C22H25N5O3. The van der Waals surface area contributed by atoms with Gasteiger partial charge in [-0.1, -0.05) is 18.2 Å². The zero-order chi connectivity index (χ0) is 21.7. The van der Waals surface area contributed by atoms with Crippen LogP contribution in [0.3, 0.4) is 0 Å². The number of carbonyl (C=O) groups excluding carboxylic acids is 2. The van der Waals surface area contributed by atoms with Crippen molar-refractivity contribution in [1.29, 1.82) is 0 Å². The van der Waals surface area contributed by atoms with Crippen LogP contribution in [0.1, 0.15) is 34.6 Å². The molecule has 3 rings (SSSR count). The minimum absolute atomic E-state index is 0.0819. The van der Waals surface area contributed by atoms with Crippen molar-refractivity contribution in [1.82, 2.24) is 20.2 Å². The molecule has 0 aliphatic heterocycles. The number of amides is 2. The number of benzene rings is 1. The highest BCUT2D eigenvalue weighted by atomic mass is 16.3. The van der Waals surface area contributed by atoms with Gasteiger partial charge in [-0.15, -0.1) is 0 Å². The summed E-state index contributed by atoms with van der Waals surface area (Å²) in [6.45, 7) is 1.89. The Morgan fingerprint density at radius 1 is 1.33 bits per heavy atom. The molecular weight excluding hydrogens is 382 g/mol. The molecule has 1 atom stereocenters. The lowest BCUT2D eigenvalue weighted by Crippen LogP contribution is -2.28. The van der Waals surface area contributed by atoms with Gasteiger partial charge >= 0.3 is 0 Å². The van der Waals surface area contributed by atoms with E-state index < -0.39 is 5.91 Å². The van der Waals surface area contributed by atoms with Gasteiger partial charge in [0.15, 0.2) is 0 Å². The summed E-state index contributed by atoms with van der Waals surface area (Å²) in [5, 5.41) is 12.5. The molecule has 0 saturated heterocycles. The van der Waals surface area contributed by atoms with E-state index in [-0.39, 0.29) is 36.5 Å². The van der Waals surface area contributed by atoms with Crippen LogP contribution in [0.5, 0.6) is 0 Å². The smallest absolute Gasteiger partial charge is 0.255 e. The lowest BCUT2D eigenvalue weighted by molar-refractivity contribution is -0.126. The summed E-state index contributed by atoms with van der Waals surface area (Å²) in [5.41, 5.74) is 8.49. The number of nitrogens with one attached hydrogen (secondary N) is 2. The number of nitrogen functional groups attached to an aromatic ring is 1. The maximum absolute atomic E-state index is 12.6. The number of nitrogens with two attached hydrogens (primary N) is 1. The molecule has 156 valence electrons. The Bertz CT molecular complexity index is 1060. The summed E-state index contributed by atoms with van der Waals surface area (Å²) in [6, 6.07) is 11.4. The first-order valence-electron chi connectivity index (χ1n) is 9.57. The van der Waals surface area contributed by atoms with Gasteiger partial charge in [-0.05, 0) is 42.1 Å². The number of aliphatic hydroxyl groups excluding tert-OH is 1. The van der Waals surface area contributed by atoms with Crippen LogP contribution in [0.4, 0.5) is 5.82 Å². The number of likely N-dealkylation sites (N-methyl/N-ethyl adjacent to an activating group) is 1. The number of aliphatic hydroxyl groups is 1. The van der Waals surface area contributed by atoms with Crippen molar-refractivity contribution in [2.75, 3.05) is 25.9 Å². The molecule has 0 aliphatic carbocycles. The van der Waals surface area contributed by atoms with Gasteiger partial charge in [-0.2, -0.15) is 0 Å². The molecule has 2 aromatic heterocycles. The molecule has 8 heteroatoms. The number of H-pyrrole nitrogens is 1. The Balaban J connectivity index is 1.72. The number of hydrogen-bond donors (Lipinski definition) is 4. The van der Waals surface area contributed by atoms with E-state index in [0.29, 0.717) is 5.56 Å². The molecule has 2 heterocycles. The van der Waals surface area contributed by atoms with E-state index in [9.17, 15) is 9.59 Å². The van der Waals surface area contributed by atoms with Crippen LogP contribution in [0, 0.1) is 0 Å². The van der Waals surface area contributed by atoms with Crippen molar-refractivity contribution in [2.24, 2.45) is 0 Å². The molecule has 0 aliphatic rings. The minimum atomic E-state index is -0.430. The van der Waals surface area contributed by atoms with Gasteiger partial charge in [-0.25, -0.2) is 4.98 Å². The molecule has 5 N–H and O–H groups in total. The van der Waals surface area contributed by atoms with E-state index in [4.69, 9.17) is 10.8 Å². The first-order valence-corrected chi connectivity index (χ1v) is 9.57. The van der Waals surface area contributed by atoms with Crippen LogP contribution in [0.2, 0.25) is 0 Å². The normalized spacial score (nSPS) is 12.2. The number of para-hydroxylation sites is 1. The highest BCUT2D eigenvalue weighted by Gasteiger charge is 2.17. The Morgan fingerprint density at radius 2 is 2.10 bits per heavy atom. The second-order valence-electron chi connectivity index (χ2n) is 6.95. The Hall–Kier alpha value is -3.65. The summed E-state index contributed by atoms with van der Waals surface area (Å²) in [4.78, 5) is 33.7. The number of fused-ring (bicyclic) bond motifs is 1. The highest BCUT2D eigenvalue weighted by Crippen LogP contribution is 2.23. The number of aromatic amines is 1. The predicted octanol–water partition coefficient (Wildman–Crippen LogP) is 2.10. The van der Waals surface area contributed by atoms with Crippen molar-refractivity contribution < 1.29 is 14.7 Å². The predicted molar refractivity (Wildman–Crippen MR) is 117 cm³/mol. The first-order chi connectivity index (χ1) is 14.4. The number of nitrogens with zero attached hydrogens (tertiary/aromatic N) is 2. The average molecular weight is 407 g/mol.